The molecule has 27 heavy (non-hydrogen) atoms. The molecule has 1 aliphatic rings. The number of anilines is 1. The van der Waals surface area contributed by atoms with Crippen molar-refractivity contribution in [2.45, 2.75) is 23.8 Å². The Balaban J connectivity index is 2.07. The van der Waals surface area contributed by atoms with Gasteiger partial charge in [-0.05, 0) is 37.1 Å². The summed E-state index contributed by atoms with van der Waals surface area (Å²) in [5, 5.41) is 2.70. The molecule has 1 aromatic rings. The molecule has 0 radical (unpaired) electrons. The van der Waals surface area contributed by atoms with Crippen LogP contribution in [0.15, 0.2) is 40.9 Å². The Kier molecular flexibility index (Phi) is 7.34. The zero-order chi connectivity index (χ0) is 19.9. The van der Waals surface area contributed by atoms with Crippen molar-refractivity contribution >= 4 is 27.6 Å². The third-order valence-electron chi connectivity index (χ3n) is 3.84. The molecule has 1 aromatic carbocycles. The Hall–Kier alpha value is -2.43. The van der Waals surface area contributed by atoms with Gasteiger partial charge in [-0.1, -0.05) is 0 Å². The molecule has 1 atom stereocenters. The molecule has 148 valence electrons. The van der Waals surface area contributed by atoms with Crippen LogP contribution in [0, 0.1) is 0 Å². The van der Waals surface area contributed by atoms with Crippen LogP contribution in [0.1, 0.15) is 12.8 Å². The third-order valence-corrected chi connectivity index (χ3v) is 5.28. The highest BCUT2D eigenvalue weighted by molar-refractivity contribution is 7.89. The molecule has 0 spiro atoms. The minimum absolute atomic E-state index is 0.0719. The first-order chi connectivity index (χ1) is 12.9. The number of carbonyl (C=O) groups excluding carboxylic acids is 2. The summed E-state index contributed by atoms with van der Waals surface area (Å²) in [7, 11) is -1.33. The molecular formula is C17H22N2O7S. The van der Waals surface area contributed by atoms with Gasteiger partial charge in [-0.15, -0.1) is 0 Å². The number of ether oxygens (including phenoxy) is 3. The summed E-state index contributed by atoms with van der Waals surface area (Å²) in [6.07, 6.45) is 2.59. The lowest BCUT2D eigenvalue weighted by Gasteiger charge is -2.12. The van der Waals surface area contributed by atoms with Crippen LogP contribution in [0.3, 0.4) is 0 Å². The molecule has 2 N–H and O–H groups in total. The van der Waals surface area contributed by atoms with Crippen LogP contribution < -0.4 is 10.0 Å². The summed E-state index contributed by atoms with van der Waals surface area (Å²) >= 11 is 0. The summed E-state index contributed by atoms with van der Waals surface area (Å²) in [6, 6.07) is 5.70. The van der Waals surface area contributed by atoms with Gasteiger partial charge in [0.2, 0.25) is 10.0 Å². The quantitative estimate of drug-likeness (QED) is 0.487. The number of benzene rings is 1. The van der Waals surface area contributed by atoms with Gasteiger partial charge in [0, 0.05) is 18.8 Å². The molecule has 1 saturated heterocycles. The van der Waals surface area contributed by atoms with Crippen LogP contribution in [-0.2, 0) is 33.8 Å². The van der Waals surface area contributed by atoms with E-state index in [-0.39, 0.29) is 23.2 Å². The zero-order valence-corrected chi connectivity index (χ0v) is 15.9. The minimum atomic E-state index is -3.68. The van der Waals surface area contributed by atoms with E-state index in [4.69, 9.17) is 4.74 Å². The highest BCUT2D eigenvalue weighted by Crippen LogP contribution is 2.17. The van der Waals surface area contributed by atoms with E-state index in [2.05, 4.69) is 19.5 Å². The van der Waals surface area contributed by atoms with E-state index in [1.807, 2.05) is 0 Å². The zero-order valence-electron chi connectivity index (χ0n) is 15.1. The highest BCUT2D eigenvalue weighted by Gasteiger charge is 2.20. The van der Waals surface area contributed by atoms with Crippen LogP contribution in [0.5, 0.6) is 0 Å². The maximum absolute atomic E-state index is 12.3. The minimum Gasteiger partial charge on any atom is -0.466 e. The molecule has 1 aliphatic heterocycles. The van der Waals surface area contributed by atoms with E-state index >= 15 is 0 Å². The van der Waals surface area contributed by atoms with Crippen LogP contribution >= 0.6 is 0 Å². The van der Waals surface area contributed by atoms with Crippen molar-refractivity contribution in [1.82, 2.24) is 4.72 Å². The van der Waals surface area contributed by atoms with Crippen molar-refractivity contribution in [2.75, 3.05) is 32.7 Å². The number of hydrogen-bond acceptors (Lipinski definition) is 8. The van der Waals surface area contributed by atoms with Crippen molar-refractivity contribution in [2.24, 2.45) is 0 Å². The average Bonchev–Trinajstić information content (AvgIpc) is 3.19. The monoisotopic (exact) mass is 398 g/mol. The first kappa shape index (κ1) is 20.9. The number of hydrogen-bond donors (Lipinski definition) is 2. The largest absolute Gasteiger partial charge is 0.466 e. The van der Waals surface area contributed by atoms with Gasteiger partial charge in [0.1, 0.15) is 5.70 Å². The van der Waals surface area contributed by atoms with Crippen molar-refractivity contribution < 1.29 is 32.2 Å². The van der Waals surface area contributed by atoms with Gasteiger partial charge < -0.3 is 19.5 Å². The summed E-state index contributed by atoms with van der Waals surface area (Å²) in [4.78, 5) is 23.2. The second-order valence-electron chi connectivity index (χ2n) is 5.71. The van der Waals surface area contributed by atoms with Crippen LogP contribution in [0.4, 0.5) is 5.69 Å². The lowest BCUT2D eigenvalue weighted by atomic mass is 10.2. The van der Waals surface area contributed by atoms with E-state index in [0.717, 1.165) is 18.9 Å². The Bertz CT molecular complexity index is 797. The van der Waals surface area contributed by atoms with Crippen molar-refractivity contribution in [3.05, 3.63) is 36.0 Å². The standard InChI is InChI=1S/C17H22N2O7S/c1-24-16(20)10-15(17(21)25-2)19-12-5-7-14(8-6-12)27(22,23)18-11-13-4-3-9-26-13/h5-8,10,13,18-19H,3-4,9,11H2,1-2H3/b15-10+. The van der Waals surface area contributed by atoms with Gasteiger partial charge in [-0.25, -0.2) is 22.7 Å². The second kappa shape index (κ2) is 9.49. The van der Waals surface area contributed by atoms with E-state index in [0.29, 0.717) is 12.3 Å². The molecule has 0 aromatic heterocycles. The van der Waals surface area contributed by atoms with Crippen LogP contribution in [-0.4, -0.2) is 53.8 Å². The fraction of sp³-hybridized carbons (Fsp3) is 0.412. The molecule has 9 nitrogen and oxygen atoms in total. The predicted molar refractivity (Wildman–Crippen MR) is 96.3 cm³/mol. The van der Waals surface area contributed by atoms with Gasteiger partial charge in [-0.3, -0.25) is 0 Å². The number of carbonyl (C=O) groups is 2. The highest BCUT2D eigenvalue weighted by atomic mass is 32.2. The van der Waals surface area contributed by atoms with Crippen molar-refractivity contribution in [3.8, 4) is 0 Å². The fourth-order valence-corrected chi connectivity index (χ4v) is 3.46. The molecule has 0 amide bonds. The van der Waals surface area contributed by atoms with E-state index in [9.17, 15) is 18.0 Å². The third kappa shape index (κ3) is 6.05. The maximum Gasteiger partial charge on any atom is 0.354 e. The van der Waals surface area contributed by atoms with Gasteiger partial charge in [0.15, 0.2) is 0 Å². The first-order valence-electron chi connectivity index (χ1n) is 8.22. The second-order valence-corrected chi connectivity index (χ2v) is 7.48. The maximum atomic E-state index is 12.3. The summed E-state index contributed by atoms with van der Waals surface area (Å²) in [5.74, 6) is -1.50. The Morgan fingerprint density at radius 2 is 1.93 bits per heavy atom. The SMILES string of the molecule is COC(=O)/C=C(/Nc1ccc(S(=O)(=O)NCC2CCCO2)cc1)C(=O)OC. The lowest BCUT2D eigenvalue weighted by molar-refractivity contribution is -0.138. The normalized spacial score (nSPS) is 17.4. The topological polar surface area (TPSA) is 120 Å². The average molecular weight is 398 g/mol. The number of nitrogens with one attached hydrogen (secondary N) is 2. The first-order valence-corrected chi connectivity index (χ1v) is 9.70. The van der Waals surface area contributed by atoms with Gasteiger partial charge in [0.25, 0.3) is 0 Å². The molecule has 0 aliphatic carbocycles. The molecule has 1 fully saturated rings. The van der Waals surface area contributed by atoms with Gasteiger partial charge in [-0.2, -0.15) is 0 Å². The number of rotatable bonds is 8. The van der Waals surface area contributed by atoms with Crippen molar-refractivity contribution in [1.29, 1.82) is 0 Å². The number of sulfonamides is 1. The molecule has 0 saturated carbocycles. The van der Waals surface area contributed by atoms with E-state index < -0.39 is 22.0 Å². The predicted octanol–water partition coefficient (Wildman–Crippen LogP) is 0.786. The molecule has 0 bridgehead atoms. The van der Waals surface area contributed by atoms with E-state index in [1.165, 1.54) is 38.5 Å². The molecular weight excluding hydrogens is 376 g/mol. The van der Waals surface area contributed by atoms with Crippen LogP contribution in [0.25, 0.3) is 0 Å². The van der Waals surface area contributed by atoms with E-state index in [1.54, 1.807) is 0 Å². The summed E-state index contributed by atoms with van der Waals surface area (Å²) in [5.41, 5.74) is 0.255. The smallest absolute Gasteiger partial charge is 0.354 e. The lowest BCUT2D eigenvalue weighted by Crippen LogP contribution is -2.31. The Labute approximate surface area is 157 Å². The summed E-state index contributed by atoms with van der Waals surface area (Å²) < 4.78 is 41.6. The number of esters is 2. The summed E-state index contributed by atoms with van der Waals surface area (Å²) in [6.45, 7) is 0.866. The fourth-order valence-electron chi connectivity index (χ4n) is 2.40. The molecule has 1 unspecified atom stereocenters. The number of methoxy groups -OCH3 is 2. The van der Waals surface area contributed by atoms with Crippen LogP contribution in [0.2, 0.25) is 0 Å². The van der Waals surface area contributed by atoms with Gasteiger partial charge in [0.05, 0.1) is 31.3 Å². The Morgan fingerprint density at radius 1 is 1.22 bits per heavy atom. The molecule has 1 heterocycles. The van der Waals surface area contributed by atoms with Gasteiger partial charge >= 0.3 is 11.9 Å². The Morgan fingerprint density at radius 3 is 2.48 bits per heavy atom. The molecule has 10 heteroatoms. The molecule has 2 rings (SSSR count). The van der Waals surface area contributed by atoms with Crippen molar-refractivity contribution in [3.63, 3.8) is 0 Å².